The van der Waals surface area contributed by atoms with Crippen molar-refractivity contribution in [2.75, 3.05) is 6.54 Å². The molecular weight excluding hydrogens is 324 g/mol. The van der Waals surface area contributed by atoms with Crippen molar-refractivity contribution in [3.05, 3.63) is 52.2 Å². The number of nitrogens with zero attached hydrogens (tertiary/aromatic N) is 2. The molecule has 0 saturated carbocycles. The number of thioether (sulfide) groups is 1. The smallest absolute Gasteiger partial charge is 0.293 e. The zero-order valence-electron chi connectivity index (χ0n) is 13.7. The number of carbonyl (C=O) groups excluding carboxylic acids is 2. The molecule has 5 nitrogen and oxygen atoms in total. The van der Waals surface area contributed by atoms with Gasteiger partial charge in [0, 0.05) is 23.6 Å². The van der Waals surface area contributed by atoms with E-state index in [-0.39, 0.29) is 16.9 Å². The van der Waals surface area contributed by atoms with Crippen LogP contribution in [-0.4, -0.2) is 32.3 Å². The molecule has 1 aliphatic heterocycles. The lowest BCUT2D eigenvalue weighted by atomic mass is 10.2. The number of likely N-dealkylation sites (N-methyl/N-ethyl adjacent to an activating group) is 1. The minimum Gasteiger partial charge on any atom is -0.508 e. The number of hydrogen-bond acceptors (Lipinski definition) is 4. The molecule has 0 bridgehead atoms. The summed E-state index contributed by atoms with van der Waals surface area (Å²) >= 11 is 0.979. The van der Waals surface area contributed by atoms with Crippen molar-refractivity contribution >= 4 is 29.0 Å². The lowest BCUT2D eigenvalue weighted by Crippen LogP contribution is -2.27. The van der Waals surface area contributed by atoms with Crippen molar-refractivity contribution in [1.82, 2.24) is 9.47 Å². The Bertz CT molecular complexity index is 850. The normalized spacial score (nSPS) is 16.5. The number of amides is 2. The molecule has 124 valence electrons. The highest BCUT2D eigenvalue weighted by molar-refractivity contribution is 8.18. The van der Waals surface area contributed by atoms with Gasteiger partial charge in [0.1, 0.15) is 5.75 Å². The van der Waals surface area contributed by atoms with E-state index < -0.39 is 0 Å². The number of carbonyl (C=O) groups is 2. The fourth-order valence-electron chi connectivity index (χ4n) is 2.85. The third-order valence-corrected chi connectivity index (χ3v) is 4.96. The van der Waals surface area contributed by atoms with Gasteiger partial charge in [-0.15, -0.1) is 0 Å². The number of benzene rings is 1. The van der Waals surface area contributed by atoms with Crippen molar-refractivity contribution in [2.45, 2.75) is 20.8 Å². The van der Waals surface area contributed by atoms with E-state index in [4.69, 9.17) is 0 Å². The SMILES string of the molecule is CCN1C(=O)S/C(=C/c2cc(C)n(-c3ccc(O)cc3)c2C)C1=O. The van der Waals surface area contributed by atoms with E-state index in [1.54, 1.807) is 25.1 Å². The van der Waals surface area contributed by atoms with Crippen LogP contribution in [0.25, 0.3) is 11.8 Å². The summed E-state index contributed by atoms with van der Waals surface area (Å²) in [5.74, 6) is -0.0170. The summed E-state index contributed by atoms with van der Waals surface area (Å²) in [5, 5.41) is 9.22. The van der Waals surface area contributed by atoms with Crippen LogP contribution in [-0.2, 0) is 4.79 Å². The molecule has 0 aliphatic carbocycles. The number of phenols is 1. The average molecular weight is 342 g/mol. The highest BCUT2D eigenvalue weighted by Gasteiger charge is 2.33. The van der Waals surface area contributed by atoms with Crippen LogP contribution in [0.4, 0.5) is 4.79 Å². The number of rotatable bonds is 3. The lowest BCUT2D eigenvalue weighted by molar-refractivity contribution is -0.122. The fourth-order valence-corrected chi connectivity index (χ4v) is 3.74. The van der Waals surface area contributed by atoms with Crippen LogP contribution < -0.4 is 0 Å². The van der Waals surface area contributed by atoms with Gasteiger partial charge in [0.05, 0.1) is 4.91 Å². The van der Waals surface area contributed by atoms with Crippen molar-refractivity contribution in [1.29, 1.82) is 0 Å². The Morgan fingerprint density at radius 1 is 1.17 bits per heavy atom. The largest absolute Gasteiger partial charge is 0.508 e. The molecule has 1 saturated heterocycles. The van der Waals surface area contributed by atoms with Gasteiger partial charge < -0.3 is 9.67 Å². The quantitative estimate of drug-likeness (QED) is 0.861. The molecule has 1 aromatic heterocycles. The third kappa shape index (κ3) is 2.73. The van der Waals surface area contributed by atoms with Gasteiger partial charge in [0.2, 0.25) is 0 Å². The predicted molar refractivity (Wildman–Crippen MR) is 95.3 cm³/mol. The molecule has 1 N–H and O–H groups in total. The minimum atomic E-state index is -0.234. The second-order valence-electron chi connectivity index (χ2n) is 5.60. The van der Waals surface area contributed by atoms with Crippen LogP contribution >= 0.6 is 11.8 Å². The standard InChI is InChI=1S/C18H18N2O3S/c1-4-19-17(22)16(24-18(19)23)10-13-9-11(2)20(12(13)3)14-5-7-15(21)8-6-14/h5-10,21H,4H2,1-3H3/b16-10+. The Morgan fingerprint density at radius 2 is 1.83 bits per heavy atom. The van der Waals surface area contributed by atoms with E-state index in [1.807, 2.05) is 32.0 Å². The molecule has 2 aromatic rings. The summed E-state index contributed by atoms with van der Waals surface area (Å²) in [4.78, 5) is 25.8. The summed E-state index contributed by atoms with van der Waals surface area (Å²) in [5.41, 5.74) is 3.83. The van der Waals surface area contributed by atoms with Crippen LogP contribution in [0.2, 0.25) is 0 Å². The summed E-state index contributed by atoms with van der Waals surface area (Å²) in [6.07, 6.45) is 1.78. The van der Waals surface area contributed by atoms with E-state index in [1.165, 1.54) is 4.90 Å². The second-order valence-corrected chi connectivity index (χ2v) is 6.60. The highest BCUT2D eigenvalue weighted by Crippen LogP contribution is 2.33. The molecule has 0 spiro atoms. The van der Waals surface area contributed by atoms with E-state index in [0.717, 1.165) is 34.4 Å². The van der Waals surface area contributed by atoms with Gasteiger partial charge in [-0.05, 0) is 74.5 Å². The van der Waals surface area contributed by atoms with E-state index in [9.17, 15) is 14.7 Å². The maximum Gasteiger partial charge on any atom is 0.293 e. The van der Waals surface area contributed by atoms with Crippen LogP contribution in [0.3, 0.4) is 0 Å². The van der Waals surface area contributed by atoms with Gasteiger partial charge in [-0.1, -0.05) is 0 Å². The zero-order valence-corrected chi connectivity index (χ0v) is 14.6. The van der Waals surface area contributed by atoms with Gasteiger partial charge in [0.25, 0.3) is 11.1 Å². The monoisotopic (exact) mass is 342 g/mol. The summed E-state index contributed by atoms with van der Waals surface area (Å²) < 4.78 is 2.05. The van der Waals surface area contributed by atoms with Gasteiger partial charge in [-0.3, -0.25) is 14.5 Å². The first-order chi connectivity index (χ1) is 11.4. The van der Waals surface area contributed by atoms with Gasteiger partial charge >= 0.3 is 0 Å². The number of aromatic hydroxyl groups is 1. The topological polar surface area (TPSA) is 62.5 Å². The first kappa shape index (κ1) is 16.4. The Balaban J connectivity index is 2.01. The van der Waals surface area contributed by atoms with Crippen molar-refractivity contribution in [3.8, 4) is 11.4 Å². The Hall–Kier alpha value is -2.47. The maximum absolute atomic E-state index is 12.2. The van der Waals surface area contributed by atoms with E-state index >= 15 is 0 Å². The van der Waals surface area contributed by atoms with Crippen LogP contribution in [0, 0.1) is 13.8 Å². The van der Waals surface area contributed by atoms with Gasteiger partial charge in [-0.25, -0.2) is 0 Å². The summed E-state index contributed by atoms with van der Waals surface area (Å²) in [7, 11) is 0. The van der Waals surface area contributed by atoms with Crippen LogP contribution in [0.1, 0.15) is 23.9 Å². The molecule has 2 amide bonds. The van der Waals surface area contributed by atoms with Crippen molar-refractivity contribution in [2.24, 2.45) is 0 Å². The molecule has 1 fully saturated rings. The second kappa shape index (κ2) is 6.20. The fraction of sp³-hybridized carbons (Fsp3) is 0.222. The highest BCUT2D eigenvalue weighted by atomic mass is 32.2. The maximum atomic E-state index is 12.2. The Morgan fingerprint density at radius 3 is 2.42 bits per heavy atom. The zero-order chi connectivity index (χ0) is 17.4. The summed E-state index contributed by atoms with van der Waals surface area (Å²) in [6, 6.07) is 8.94. The van der Waals surface area contributed by atoms with Gasteiger partial charge in [0.15, 0.2) is 0 Å². The molecule has 6 heteroatoms. The van der Waals surface area contributed by atoms with Crippen LogP contribution in [0.5, 0.6) is 5.75 Å². The molecular formula is C18H18N2O3S. The molecule has 0 unspecified atom stereocenters. The number of phenolic OH excluding ortho intramolecular Hbond substituents is 1. The number of aryl methyl sites for hydroxylation is 1. The summed E-state index contributed by atoms with van der Waals surface area (Å²) in [6.45, 7) is 6.12. The van der Waals surface area contributed by atoms with E-state index in [0.29, 0.717) is 11.4 Å². The average Bonchev–Trinajstić information content (AvgIpc) is 2.97. The molecule has 1 aromatic carbocycles. The van der Waals surface area contributed by atoms with Crippen LogP contribution in [0.15, 0.2) is 35.2 Å². The predicted octanol–water partition coefficient (Wildman–Crippen LogP) is 3.86. The first-order valence-electron chi connectivity index (χ1n) is 7.66. The molecule has 1 aliphatic rings. The molecule has 24 heavy (non-hydrogen) atoms. The molecule has 2 heterocycles. The van der Waals surface area contributed by atoms with Crippen molar-refractivity contribution in [3.63, 3.8) is 0 Å². The van der Waals surface area contributed by atoms with E-state index in [2.05, 4.69) is 4.57 Å². The number of imide groups is 1. The third-order valence-electron chi connectivity index (χ3n) is 4.05. The number of hydrogen-bond donors (Lipinski definition) is 1. The molecule has 0 radical (unpaired) electrons. The molecule has 3 rings (SSSR count). The Labute approximate surface area is 144 Å². The molecule has 0 atom stereocenters. The minimum absolute atomic E-state index is 0.217. The Kier molecular flexibility index (Phi) is 4.24. The first-order valence-corrected chi connectivity index (χ1v) is 8.47. The van der Waals surface area contributed by atoms with Crippen molar-refractivity contribution < 1.29 is 14.7 Å². The lowest BCUT2D eigenvalue weighted by Gasteiger charge is -2.09. The van der Waals surface area contributed by atoms with Gasteiger partial charge in [-0.2, -0.15) is 0 Å². The number of aromatic nitrogens is 1.